The standard InChI is InChI=1S/C41H47NO20/c1-18-24-12-13-42-15-25(24)34(48)55-16-37(7)27-28(56-20(3)44)32(59-23(6)47)40(17-54-19(2)43)33(60-35(49)26-11-10-14-53-26)29(57-21(4)45)31(61-36(50)38(18,8)51)39(9,52)41(40,62-37)30(27)58-22(5)46/h10-15,18,27-33,51-52H,16-17H2,1-9H3. The maximum absolute atomic E-state index is 14.6. The minimum Gasteiger partial charge on any atom is -0.465 e. The Morgan fingerprint density at radius 2 is 1.40 bits per heavy atom. The topological polar surface area (TPSA) is 286 Å². The molecule has 2 aromatic rings. The largest absolute Gasteiger partial charge is 0.465 e. The third kappa shape index (κ3) is 7.14. The Morgan fingerprint density at radius 3 is 1.98 bits per heavy atom. The summed E-state index contributed by atoms with van der Waals surface area (Å²) in [6, 6.07) is 3.84. The number of furan rings is 1. The Hall–Kier alpha value is -5.93. The Bertz CT molecular complexity index is 2170. The van der Waals surface area contributed by atoms with Gasteiger partial charge in [0.15, 0.2) is 35.6 Å². The van der Waals surface area contributed by atoms with Gasteiger partial charge in [-0.3, -0.25) is 29.0 Å². The summed E-state index contributed by atoms with van der Waals surface area (Å²) in [7, 11) is 0. The van der Waals surface area contributed by atoms with Crippen LogP contribution in [-0.4, -0.2) is 135 Å². The summed E-state index contributed by atoms with van der Waals surface area (Å²) >= 11 is 0. The highest BCUT2D eigenvalue weighted by molar-refractivity contribution is 5.92. The molecule has 2 aromatic heterocycles. The molecule has 4 aliphatic rings. The normalized spacial score (nSPS) is 37.3. The monoisotopic (exact) mass is 873 g/mol. The molecule has 13 atom stereocenters. The molecule has 4 heterocycles. The average molecular weight is 874 g/mol. The van der Waals surface area contributed by atoms with E-state index < -0.39 is 143 Å². The molecular formula is C41H47NO20. The number of hydrogen-bond acceptors (Lipinski definition) is 21. The van der Waals surface area contributed by atoms with Crippen LogP contribution in [-0.2, 0) is 71.4 Å². The molecule has 2 N–H and O–H groups in total. The highest BCUT2D eigenvalue weighted by atomic mass is 16.7. The molecule has 2 aliphatic carbocycles. The molecule has 6 rings (SSSR count). The summed E-state index contributed by atoms with van der Waals surface area (Å²) in [5.74, 6) is -12.7. The fourth-order valence-electron chi connectivity index (χ4n) is 9.68. The van der Waals surface area contributed by atoms with Crippen molar-refractivity contribution in [3.05, 3.63) is 53.7 Å². The maximum atomic E-state index is 14.6. The molecule has 0 amide bonds. The molecule has 0 aromatic carbocycles. The number of cyclic esters (lactones) is 1. The van der Waals surface area contributed by atoms with Crippen molar-refractivity contribution in [1.82, 2.24) is 4.98 Å². The minimum absolute atomic E-state index is 0.0415. The molecule has 21 nitrogen and oxygen atoms in total. The zero-order chi connectivity index (χ0) is 45.9. The number of carbonyl (C=O) groups excluding carboxylic acids is 8. The van der Waals surface area contributed by atoms with Crippen LogP contribution < -0.4 is 0 Å². The lowest BCUT2D eigenvalue weighted by Crippen LogP contribution is -2.89. The van der Waals surface area contributed by atoms with Gasteiger partial charge in [0.1, 0.15) is 42.0 Å². The fraction of sp³-hybridized carbons (Fsp3) is 0.585. The molecule has 1 spiro atoms. The molecule has 2 aliphatic heterocycles. The Labute approximate surface area is 353 Å². The second-order valence-electron chi connectivity index (χ2n) is 16.4. The smallest absolute Gasteiger partial charge is 0.374 e. The van der Waals surface area contributed by atoms with Crippen molar-refractivity contribution in [2.24, 2.45) is 11.3 Å². The lowest BCUT2D eigenvalue weighted by Gasteiger charge is -2.67. The summed E-state index contributed by atoms with van der Waals surface area (Å²) in [5, 5.41) is 25.6. The van der Waals surface area contributed by atoms with Crippen molar-refractivity contribution in [3.63, 3.8) is 0 Å². The summed E-state index contributed by atoms with van der Waals surface area (Å²) < 4.78 is 59.9. The van der Waals surface area contributed by atoms with E-state index in [0.717, 1.165) is 60.9 Å². The molecule has 0 radical (unpaired) electrons. The van der Waals surface area contributed by atoms with Gasteiger partial charge in [-0.2, -0.15) is 0 Å². The number of ether oxygens (including phenoxy) is 9. The van der Waals surface area contributed by atoms with Gasteiger partial charge in [0.2, 0.25) is 5.76 Å². The van der Waals surface area contributed by atoms with E-state index in [4.69, 9.17) is 47.0 Å². The molecule has 336 valence electrons. The zero-order valence-corrected chi connectivity index (χ0v) is 35.2. The van der Waals surface area contributed by atoms with Crippen LogP contribution in [0, 0.1) is 11.3 Å². The first kappa shape index (κ1) is 45.6. The molecule has 13 unspecified atom stereocenters. The first-order valence-electron chi connectivity index (χ1n) is 19.4. The zero-order valence-electron chi connectivity index (χ0n) is 35.2. The molecule has 4 bridgehead atoms. The number of aromatic nitrogens is 1. The van der Waals surface area contributed by atoms with Gasteiger partial charge in [0.05, 0.1) is 17.7 Å². The van der Waals surface area contributed by atoms with Gasteiger partial charge >= 0.3 is 47.8 Å². The summed E-state index contributed by atoms with van der Waals surface area (Å²) in [6.45, 7) is 7.53. The van der Waals surface area contributed by atoms with E-state index in [0.29, 0.717) is 0 Å². The van der Waals surface area contributed by atoms with Gasteiger partial charge in [-0.25, -0.2) is 14.4 Å². The van der Waals surface area contributed by atoms with Gasteiger partial charge < -0.3 is 57.3 Å². The summed E-state index contributed by atoms with van der Waals surface area (Å²) in [6.07, 6.45) is -9.44. The van der Waals surface area contributed by atoms with Crippen LogP contribution in [0.2, 0.25) is 0 Å². The number of esters is 8. The molecule has 1 saturated heterocycles. The molecular weight excluding hydrogens is 826 g/mol. The summed E-state index contributed by atoms with van der Waals surface area (Å²) in [5.41, 5.74) is -13.6. The Morgan fingerprint density at radius 1 is 0.806 bits per heavy atom. The SMILES string of the molecule is CC(=O)OCC12C(OC(C)=O)C(OC(C)=O)C3C(OC(C)=O)C14OC3(C)COC(=O)c1cnccc1C(C)C(C)(O)C(=O)OC(C(OC(C)=O)C2OC(=O)c1ccco1)C4(C)O. The van der Waals surface area contributed by atoms with Gasteiger partial charge in [0.25, 0.3) is 0 Å². The van der Waals surface area contributed by atoms with E-state index in [1.807, 2.05) is 0 Å². The predicted molar refractivity (Wildman–Crippen MR) is 199 cm³/mol. The third-order valence-electron chi connectivity index (χ3n) is 12.3. The quantitative estimate of drug-likeness (QED) is 0.277. The second kappa shape index (κ2) is 16.1. The molecule has 21 heteroatoms. The van der Waals surface area contributed by atoms with Crippen molar-refractivity contribution in [3.8, 4) is 0 Å². The highest BCUT2D eigenvalue weighted by Gasteiger charge is 2.92. The minimum atomic E-state index is -3.00. The Kier molecular flexibility index (Phi) is 11.8. The molecule has 62 heavy (non-hydrogen) atoms. The highest BCUT2D eigenvalue weighted by Crippen LogP contribution is 2.70. The van der Waals surface area contributed by atoms with Crippen molar-refractivity contribution in [2.45, 2.75) is 127 Å². The lowest BCUT2D eigenvalue weighted by atomic mass is 9.45. The number of pyridine rings is 1. The van der Waals surface area contributed by atoms with Gasteiger partial charge in [-0.15, -0.1) is 0 Å². The molecule has 3 fully saturated rings. The summed E-state index contributed by atoms with van der Waals surface area (Å²) in [4.78, 5) is 113. The molecule has 2 saturated carbocycles. The maximum Gasteiger partial charge on any atom is 0.374 e. The van der Waals surface area contributed by atoms with E-state index in [1.54, 1.807) is 0 Å². The van der Waals surface area contributed by atoms with Crippen LogP contribution >= 0.6 is 0 Å². The van der Waals surface area contributed by atoms with Crippen LogP contribution in [0.15, 0.2) is 41.3 Å². The first-order valence-corrected chi connectivity index (χ1v) is 19.4. The number of nitrogens with zero attached hydrogens (tertiary/aromatic N) is 1. The van der Waals surface area contributed by atoms with E-state index in [1.165, 1.54) is 38.2 Å². The van der Waals surface area contributed by atoms with Crippen molar-refractivity contribution in [1.29, 1.82) is 0 Å². The average Bonchev–Trinajstić information content (AvgIpc) is 3.79. The number of hydrogen-bond donors (Lipinski definition) is 2. The van der Waals surface area contributed by atoms with Crippen molar-refractivity contribution < 1.29 is 95.6 Å². The fourth-order valence-corrected chi connectivity index (χ4v) is 9.68. The predicted octanol–water partition coefficient (Wildman–Crippen LogP) is 1.04. The number of aliphatic hydroxyl groups is 2. The van der Waals surface area contributed by atoms with Crippen molar-refractivity contribution >= 4 is 47.8 Å². The van der Waals surface area contributed by atoms with E-state index in [-0.39, 0.29) is 11.1 Å². The van der Waals surface area contributed by atoms with Gasteiger partial charge in [-0.05, 0) is 44.5 Å². The number of rotatable bonds is 8. The third-order valence-corrected chi connectivity index (χ3v) is 12.3. The van der Waals surface area contributed by atoms with E-state index in [9.17, 15) is 48.6 Å². The van der Waals surface area contributed by atoms with Crippen LogP contribution in [0.5, 0.6) is 0 Å². The van der Waals surface area contributed by atoms with E-state index in [2.05, 4.69) is 4.98 Å². The lowest BCUT2D eigenvalue weighted by molar-refractivity contribution is -0.386. The van der Waals surface area contributed by atoms with Crippen LogP contribution in [0.4, 0.5) is 0 Å². The van der Waals surface area contributed by atoms with Gasteiger partial charge in [0, 0.05) is 52.9 Å². The van der Waals surface area contributed by atoms with Crippen LogP contribution in [0.3, 0.4) is 0 Å². The van der Waals surface area contributed by atoms with Gasteiger partial charge in [-0.1, -0.05) is 6.92 Å². The van der Waals surface area contributed by atoms with E-state index >= 15 is 0 Å². The van der Waals surface area contributed by atoms with Crippen molar-refractivity contribution in [2.75, 3.05) is 13.2 Å². The van der Waals surface area contributed by atoms with Crippen LogP contribution in [0.1, 0.15) is 94.7 Å². The number of carbonyl (C=O) groups is 8. The van der Waals surface area contributed by atoms with Crippen LogP contribution in [0.25, 0.3) is 0 Å². The Balaban J connectivity index is 1.82. The number of fused-ring (bicyclic) bond motifs is 5. The second-order valence-corrected chi connectivity index (χ2v) is 16.4. The first-order chi connectivity index (χ1) is 28.9.